The number of rotatable bonds is 6. The number of carbonyl (C=O) groups is 1. The average Bonchev–Trinajstić information content (AvgIpc) is 2.50. The molecule has 4 heteroatoms. The van der Waals surface area contributed by atoms with Crippen molar-refractivity contribution in [3.05, 3.63) is 59.7 Å². The number of aryl methyl sites for hydroxylation is 1. The van der Waals surface area contributed by atoms with Gasteiger partial charge >= 0.3 is 0 Å². The first-order valence-corrected chi connectivity index (χ1v) is 7.32. The van der Waals surface area contributed by atoms with Crippen molar-refractivity contribution >= 4 is 23.2 Å². The van der Waals surface area contributed by atoms with E-state index in [-0.39, 0.29) is 5.91 Å². The van der Waals surface area contributed by atoms with Crippen LogP contribution in [0.25, 0.3) is 0 Å². The van der Waals surface area contributed by atoms with E-state index >= 15 is 0 Å². The Morgan fingerprint density at radius 2 is 1.67 bits per heavy atom. The molecule has 2 aromatic rings. The van der Waals surface area contributed by atoms with E-state index in [9.17, 15) is 4.79 Å². The topological polar surface area (TPSA) is 38.3 Å². The number of alkyl halides is 1. The molecule has 2 rings (SSSR count). The summed E-state index contributed by atoms with van der Waals surface area (Å²) >= 11 is 5.69. The molecule has 0 aliphatic heterocycles. The van der Waals surface area contributed by atoms with Gasteiger partial charge in [0.2, 0.25) is 5.91 Å². The Morgan fingerprint density at radius 1 is 1.05 bits per heavy atom. The fourth-order valence-electron chi connectivity index (χ4n) is 2.00. The SMILES string of the molecule is COc1ccc(CC(=O)Nc2ccc(CCCl)cc2)cc1. The van der Waals surface area contributed by atoms with E-state index in [1.807, 2.05) is 48.5 Å². The lowest BCUT2D eigenvalue weighted by Gasteiger charge is -2.07. The van der Waals surface area contributed by atoms with E-state index in [4.69, 9.17) is 16.3 Å². The monoisotopic (exact) mass is 303 g/mol. The van der Waals surface area contributed by atoms with Gasteiger partial charge in [-0.1, -0.05) is 24.3 Å². The molecule has 0 saturated carbocycles. The van der Waals surface area contributed by atoms with Gasteiger partial charge in [-0.3, -0.25) is 4.79 Å². The standard InChI is InChI=1S/C17H18ClNO2/c1-21-16-8-4-14(5-9-16)12-17(20)19-15-6-2-13(3-7-15)10-11-18/h2-9H,10-12H2,1H3,(H,19,20). The first kappa shape index (κ1) is 15.4. The highest BCUT2D eigenvalue weighted by Crippen LogP contribution is 2.14. The zero-order valence-corrected chi connectivity index (χ0v) is 12.7. The third-order valence-electron chi connectivity index (χ3n) is 3.14. The number of nitrogens with one attached hydrogen (secondary N) is 1. The van der Waals surface area contributed by atoms with Crippen LogP contribution in [-0.4, -0.2) is 18.9 Å². The molecule has 2 aromatic carbocycles. The third kappa shape index (κ3) is 4.80. The fourth-order valence-corrected chi connectivity index (χ4v) is 2.22. The Bertz CT molecular complexity index is 579. The van der Waals surface area contributed by atoms with Crippen LogP contribution in [0.15, 0.2) is 48.5 Å². The van der Waals surface area contributed by atoms with Crippen LogP contribution in [0.3, 0.4) is 0 Å². The molecule has 3 nitrogen and oxygen atoms in total. The predicted octanol–water partition coefficient (Wildman–Crippen LogP) is 3.66. The Morgan fingerprint density at radius 3 is 2.24 bits per heavy atom. The van der Waals surface area contributed by atoms with Gasteiger partial charge in [-0.15, -0.1) is 11.6 Å². The summed E-state index contributed by atoms with van der Waals surface area (Å²) in [6, 6.07) is 15.2. The molecule has 1 N–H and O–H groups in total. The van der Waals surface area contributed by atoms with Crippen molar-refractivity contribution in [2.45, 2.75) is 12.8 Å². The largest absolute Gasteiger partial charge is 0.497 e. The molecule has 0 aliphatic rings. The number of hydrogen-bond acceptors (Lipinski definition) is 2. The zero-order chi connectivity index (χ0) is 15.1. The Labute approximate surface area is 129 Å². The Balaban J connectivity index is 1.91. The van der Waals surface area contributed by atoms with Crippen molar-refractivity contribution in [2.24, 2.45) is 0 Å². The number of anilines is 1. The Kier molecular flexibility index (Phi) is 5.64. The minimum absolute atomic E-state index is 0.0368. The molecule has 0 aromatic heterocycles. The van der Waals surface area contributed by atoms with Crippen LogP contribution in [0.2, 0.25) is 0 Å². The molecule has 21 heavy (non-hydrogen) atoms. The second-order valence-corrected chi connectivity index (χ2v) is 5.09. The van der Waals surface area contributed by atoms with Gasteiger partial charge in [0.15, 0.2) is 0 Å². The van der Waals surface area contributed by atoms with Gasteiger partial charge in [0.1, 0.15) is 5.75 Å². The molecular weight excluding hydrogens is 286 g/mol. The lowest BCUT2D eigenvalue weighted by atomic mass is 10.1. The summed E-state index contributed by atoms with van der Waals surface area (Å²) in [6.07, 6.45) is 1.18. The van der Waals surface area contributed by atoms with Crippen LogP contribution < -0.4 is 10.1 Å². The summed E-state index contributed by atoms with van der Waals surface area (Å²) < 4.78 is 5.09. The molecule has 0 unspecified atom stereocenters. The minimum atomic E-state index is -0.0368. The molecule has 1 amide bonds. The normalized spacial score (nSPS) is 10.2. The van der Waals surface area contributed by atoms with Gasteiger partial charge in [-0.05, 0) is 41.8 Å². The maximum Gasteiger partial charge on any atom is 0.228 e. The molecule has 0 aliphatic carbocycles. The average molecular weight is 304 g/mol. The van der Waals surface area contributed by atoms with Crippen LogP contribution in [-0.2, 0) is 17.6 Å². The van der Waals surface area contributed by atoms with Crippen molar-refractivity contribution in [3.8, 4) is 5.75 Å². The molecule has 0 saturated heterocycles. The lowest BCUT2D eigenvalue weighted by Crippen LogP contribution is -2.14. The van der Waals surface area contributed by atoms with Crippen molar-refractivity contribution in [1.82, 2.24) is 0 Å². The van der Waals surface area contributed by atoms with Crippen LogP contribution in [0.4, 0.5) is 5.69 Å². The smallest absolute Gasteiger partial charge is 0.228 e. The van der Waals surface area contributed by atoms with Crippen molar-refractivity contribution in [3.63, 3.8) is 0 Å². The van der Waals surface area contributed by atoms with E-state index in [1.54, 1.807) is 7.11 Å². The number of benzene rings is 2. The number of carbonyl (C=O) groups excluding carboxylic acids is 1. The lowest BCUT2D eigenvalue weighted by molar-refractivity contribution is -0.115. The maximum absolute atomic E-state index is 12.0. The summed E-state index contributed by atoms with van der Waals surface area (Å²) in [7, 11) is 1.62. The highest BCUT2D eigenvalue weighted by Gasteiger charge is 2.04. The molecule has 0 radical (unpaired) electrons. The molecule has 0 heterocycles. The van der Waals surface area contributed by atoms with Gasteiger partial charge in [0.05, 0.1) is 13.5 Å². The van der Waals surface area contributed by atoms with Crippen molar-refractivity contribution in [1.29, 1.82) is 0 Å². The molecule has 0 atom stereocenters. The molecular formula is C17H18ClNO2. The number of methoxy groups -OCH3 is 1. The zero-order valence-electron chi connectivity index (χ0n) is 11.9. The van der Waals surface area contributed by atoms with Crippen LogP contribution >= 0.6 is 11.6 Å². The number of ether oxygens (including phenoxy) is 1. The predicted molar refractivity (Wildman–Crippen MR) is 86.2 cm³/mol. The van der Waals surface area contributed by atoms with Gasteiger partial charge in [0.25, 0.3) is 0 Å². The molecule has 0 bridgehead atoms. The van der Waals surface area contributed by atoms with Gasteiger partial charge in [0, 0.05) is 11.6 Å². The quantitative estimate of drug-likeness (QED) is 0.827. The van der Waals surface area contributed by atoms with E-state index in [0.717, 1.165) is 29.0 Å². The second kappa shape index (κ2) is 7.70. The van der Waals surface area contributed by atoms with E-state index in [0.29, 0.717) is 12.3 Å². The van der Waals surface area contributed by atoms with Crippen molar-refractivity contribution in [2.75, 3.05) is 18.3 Å². The summed E-state index contributed by atoms with van der Waals surface area (Å²) in [4.78, 5) is 12.0. The summed E-state index contributed by atoms with van der Waals surface area (Å²) in [6.45, 7) is 0. The fraction of sp³-hybridized carbons (Fsp3) is 0.235. The van der Waals surface area contributed by atoms with Crippen LogP contribution in [0, 0.1) is 0 Å². The number of hydrogen-bond donors (Lipinski definition) is 1. The first-order valence-electron chi connectivity index (χ1n) is 6.79. The highest BCUT2D eigenvalue weighted by molar-refractivity contribution is 6.18. The summed E-state index contributed by atoms with van der Waals surface area (Å²) in [5.41, 5.74) is 2.91. The third-order valence-corrected chi connectivity index (χ3v) is 3.33. The van der Waals surface area contributed by atoms with Gasteiger partial charge in [-0.25, -0.2) is 0 Å². The highest BCUT2D eigenvalue weighted by atomic mass is 35.5. The molecule has 110 valence electrons. The molecule has 0 fully saturated rings. The van der Waals surface area contributed by atoms with E-state index < -0.39 is 0 Å². The summed E-state index contributed by atoms with van der Waals surface area (Å²) in [5, 5.41) is 2.89. The maximum atomic E-state index is 12.0. The minimum Gasteiger partial charge on any atom is -0.497 e. The Hall–Kier alpha value is -2.00. The molecule has 0 spiro atoms. The van der Waals surface area contributed by atoms with Crippen LogP contribution in [0.5, 0.6) is 5.75 Å². The van der Waals surface area contributed by atoms with Crippen LogP contribution in [0.1, 0.15) is 11.1 Å². The van der Waals surface area contributed by atoms with Gasteiger partial charge in [-0.2, -0.15) is 0 Å². The van der Waals surface area contributed by atoms with E-state index in [1.165, 1.54) is 0 Å². The first-order chi connectivity index (χ1) is 10.2. The van der Waals surface area contributed by atoms with Crippen molar-refractivity contribution < 1.29 is 9.53 Å². The van der Waals surface area contributed by atoms with Gasteiger partial charge < -0.3 is 10.1 Å². The second-order valence-electron chi connectivity index (χ2n) is 4.71. The summed E-state index contributed by atoms with van der Waals surface area (Å²) in [5.74, 6) is 1.35. The number of amides is 1. The number of halogens is 1. The van der Waals surface area contributed by atoms with E-state index in [2.05, 4.69) is 5.32 Å².